The molecule has 4 rings (SSSR count). The zero-order valence-corrected chi connectivity index (χ0v) is 17.5. The van der Waals surface area contributed by atoms with Crippen molar-refractivity contribution in [2.45, 2.75) is 18.9 Å². The van der Waals surface area contributed by atoms with Gasteiger partial charge in [-0.2, -0.15) is 0 Å². The topological polar surface area (TPSA) is 75.2 Å². The lowest BCUT2D eigenvalue weighted by Gasteiger charge is -2.23. The Morgan fingerprint density at radius 1 is 1.14 bits per heavy atom. The van der Waals surface area contributed by atoms with Gasteiger partial charge in [0.1, 0.15) is 16.9 Å². The highest BCUT2D eigenvalue weighted by atomic mass is 79.9. The predicted octanol–water partition coefficient (Wildman–Crippen LogP) is 4.35. The number of likely N-dealkylation sites (tertiary alicyclic amines) is 1. The molecule has 2 amide bonds. The van der Waals surface area contributed by atoms with Crippen molar-refractivity contribution in [3.8, 4) is 10.6 Å². The molecule has 0 aliphatic carbocycles. The van der Waals surface area contributed by atoms with Crippen molar-refractivity contribution >= 4 is 44.2 Å². The standard InChI is InChI=1S/C20H16BrFN4O2S/c21-13-9-7-12(8-10-13)18-24-25-20(29-18)23-17(27)16-6-3-11-26(16)19(28)14-4-1-2-5-15(14)22/h1-2,4-5,7-10,16H,3,6,11H2,(H,23,25,27). The van der Waals surface area contributed by atoms with Crippen molar-refractivity contribution in [1.29, 1.82) is 0 Å². The minimum Gasteiger partial charge on any atom is -0.327 e. The number of carbonyl (C=O) groups is 2. The highest BCUT2D eigenvalue weighted by molar-refractivity contribution is 9.10. The average molecular weight is 475 g/mol. The lowest BCUT2D eigenvalue weighted by molar-refractivity contribution is -0.119. The molecule has 1 unspecified atom stereocenters. The third kappa shape index (κ3) is 4.20. The summed E-state index contributed by atoms with van der Waals surface area (Å²) in [7, 11) is 0. The Labute approximate surface area is 178 Å². The fourth-order valence-corrected chi connectivity index (χ4v) is 4.26. The first-order valence-electron chi connectivity index (χ1n) is 8.99. The molecule has 0 spiro atoms. The first-order chi connectivity index (χ1) is 14.0. The van der Waals surface area contributed by atoms with Gasteiger partial charge in [0.25, 0.3) is 5.91 Å². The molecule has 1 N–H and O–H groups in total. The molecule has 3 aromatic rings. The minimum absolute atomic E-state index is 0.0272. The van der Waals surface area contributed by atoms with E-state index in [1.54, 1.807) is 6.07 Å². The smallest absolute Gasteiger partial charge is 0.257 e. The van der Waals surface area contributed by atoms with E-state index in [0.717, 1.165) is 10.0 Å². The maximum Gasteiger partial charge on any atom is 0.257 e. The zero-order valence-electron chi connectivity index (χ0n) is 15.1. The van der Waals surface area contributed by atoms with E-state index in [1.165, 1.54) is 34.4 Å². The SMILES string of the molecule is O=C(Nc1nnc(-c2ccc(Br)cc2)s1)C1CCCN1C(=O)c1ccccc1F. The van der Waals surface area contributed by atoms with Crippen molar-refractivity contribution < 1.29 is 14.0 Å². The minimum atomic E-state index is -0.665. The normalized spacial score (nSPS) is 16.1. The summed E-state index contributed by atoms with van der Waals surface area (Å²) in [6, 6.07) is 12.7. The molecule has 1 atom stereocenters. The lowest BCUT2D eigenvalue weighted by atomic mass is 10.1. The van der Waals surface area contributed by atoms with E-state index in [2.05, 4.69) is 31.4 Å². The number of amides is 2. The van der Waals surface area contributed by atoms with E-state index in [0.29, 0.717) is 29.5 Å². The van der Waals surface area contributed by atoms with Gasteiger partial charge in [0.2, 0.25) is 11.0 Å². The lowest BCUT2D eigenvalue weighted by Crippen LogP contribution is -2.43. The summed E-state index contributed by atoms with van der Waals surface area (Å²) in [4.78, 5) is 26.9. The molecule has 2 aromatic carbocycles. The third-order valence-electron chi connectivity index (χ3n) is 4.67. The maximum absolute atomic E-state index is 14.0. The van der Waals surface area contributed by atoms with Gasteiger partial charge in [-0.05, 0) is 37.1 Å². The number of halogens is 2. The Kier molecular flexibility index (Phi) is 5.68. The number of nitrogens with zero attached hydrogens (tertiary/aromatic N) is 3. The van der Waals surface area contributed by atoms with Gasteiger partial charge in [-0.3, -0.25) is 14.9 Å². The Bertz CT molecular complexity index is 1060. The van der Waals surface area contributed by atoms with Crippen LogP contribution in [0.1, 0.15) is 23.2 Å². The first-order valence-corrected chi connectivity index (χ1v) is 10.6. The molecular formula is C20H16BrFN4O2S. The Morgan fingerprint density at radius 3 is 2.66 bits per heavy atom. The molecule has 1 saturated heterocycles. The Hall–Kier alpha value is -2.65. The molecule has 0 saturated carbocycles. The highest BCUT2D eigenvalue weighted by Crippen LogP contribution is 2.28. The molecule has 1 fully saturated rings. The monoisotopic (exact) mass is 474 g/mol. The van der Waals surface area contributed by atoms with Crippen LogP contribution >= 0.6 is 27.3 Å². The van der Waals surface area contributed by atoms with Gasteiger partial charge < -0.3 is 4.90 Å². The number of aromatic nitrogens is 2. The predicted molar refractivity (Wildman–Crippen MR) is 112 cm³/mol. The summed E-state index contributed by atoms with van der Waals surface area (Å²) >= 11 is 4.64. The Balaban J connectivity index is 1.47. The van der Waals surface area contributed by atoms with Crippen molar-refractivity contribution in [1.82, 2.24) is 15.1 Å². The van der Waals surface area contributed by atoms with Crippen molar-refractivity contribution in [3.05, 3.63) is 64.4 Å². The number of hydrogen-bond acceptors (Lipinski definition) is 5. The quantitative estimate of drug-likeness (QED) is 0.609. The molecule has 6 nitrogen and oxygen atoms in total. The van der Waals surface area contributed by atoms with Gasteiger partial charge in [0, 0.05) is 16.6 Å². The number of rotatable bonds is 4. The fourth-order valence-electron chi connectivity index (χ4n) is 3.24. The molecule has 0 radical (unpaired) electrons. The van der Waals surface area contributed by atoms with E-state index in [1.807, 2.05) is 24.3 Å². The molecule has 29 heavy (non-hydrogen) atoms. The van der Waals surface area contributed by atoms with Crippen LogP contribution in [0.2, 0.25) is 0 Å². The molecule has 1 aromatic heterocycles. The van der Waals surface area contributed by atoms with Gasteiger partial charge >= 0.3 is 0 Å². The third-order valence-corrected chi connectivity index (χ3v) is 6.08. The summed E-state index contributed by atoms with van der Waals surface area (Å²) in [5, 5.41) is 11.9. The molecule has 0 bridgehead atoms. The van der Waals surface area contributed by atoms with Gasteiger partial charge in [0.15, 0.2) is 0 Å². The van der Waals surface area contributed by atoms with Crippen LogP contribution in [-0.2, 0) is 4.79 Å². The van der Waals surface area contributed by atoms with Crippen molar-refractivity contribution in [2.24, 2.45) is 0 Å². The second kappa shape index (κ2) is 8.38. The molecule has 1 aliphatic heterocycles. The van der Waals surface area contributed by atoms with Crippen LogP contribution in [0.25, 0.3) is 10.6 Å². The molecule has 1 aliphatic rings. The Morgan fingerprint density at radius 2 is 1.90 bits per heavy atom. The summed E-state index contributed by atoms with van der Waals surface area (Å²) in [5.41, 5.74) is 0.865. The van der Waals surface area contributed by atoms with Crippen LogP contribution in [0.15, 0.2) is 53.0 Å². The van der Waals surface area contributed by atoms with Gasteiger partial charge in [-0.25, -0.2) is 4.39 Å². The van der Waals surface area contributed by atoms with E-state index < -0.39 is 17.8 Å². The largest absolute Gasteiger partial charge is 0.327 e. The van der Waals surface area contributed by atoms with E-state index in [-0.39, 0.29) is 11.5 Å². The number of carbonyl (C=O) groups excluding carboxylic acids is 2. The van der Waals surface area contributed by atoms with Gasteiger partial charge in [-0.15, -0.1) is 10.2 Å². The molecule has 2 heterocycles. The summed E-state index contributed by atoms with van der Waals surface area (Å²) in [5.74, 6) is -1.41. The second-order valence-electron chi connectivity index (χ2n) is 6.54. The summed E-state index contributed by atoms with van der Waals surface area (Å²) in [6.07, 6.45) is 1.20. The van der Waals surface area contributed by atoms with E-state index in [4.69, 9.17) is 0 Å². The number of benzene rings is 2. The van der Waals surface area contributed by atoms with Crippen molar-refractivity contribution in [2.75, 3.05) is 11.9 Å². The van der Waals surface area contributed by atoms with E-state index in [9.17, 15) is 14.0 Å². The average Bonchev–Trinajstić information content (AvgIpc) is 3.38. The van der Waals surface area contributed by atoms with Crippen LogP contribution in [-0.4, -0.2) is 39.5 Å². The second-order valence-corrected chi connectivity index (χ2v) is 8.44. The van der Waals surface area contributed by atoms with Crippen molar-refractivity contribution in [3.63, 3.8) is 0 Å². The van der Waals surface area contributed by atoms with Gasteiger partial charge in [-0.1, -0.05) is 51.5 Å². The summed E-state index contributed by atoms with van der Waals surface area (Å²) < 4.78 is 14.9. The number of anilines is 1. The van der Waals surface area contributed by atoms with Crippen LogP contribution < -0.4 is 5.32 Å². The highest BCUT2D eigenvalue weighted by Gasteiger charge is 2.35. The first kappa shape index (κ1) is 19.7. The fraction of sp³-hybridized carbons (Fsp3) is 0.200. The zero-order chi connectivity index (χ0) is 20.4. The maximum atomic E-state index is 14.0. The van der Waals surface area contributed by atoms with Crippen LogP contribution in [0.5, 0.6) is 0 Å². The number of hydrogen-bond donors (Lipinski definition) is 1. The number of nitrogens with one attached hydrogen (secondary N) is 1. The van der Waals surface area contributed by atoms with Crippen LogP contribution in [0.3, 0.4) is 0 Å². The van der Waals surface area contributed by atoms with Gasteiger partial charge in [0.05, 0.1) is 5.56 Å². The van der Waals surface area contributed by atoms with Crippen LogP contribution in [0, 0.1) is 5.82 Å². The molecular weight excluding hydrogens is 459 g/mol. The van der Waals surface area contributed by atoms with Crippen LogP contribution in [0.4, 0.5) is 9.52 Å². The van der Waals surface area contributed by atoms with E-state index >= 15 is 0 Å². The molecule has 9 heteroatoms. The molecule has 148 valence electrons. The summed E-state index contributed by atoms with van der Waals surface area (Å²) in [6.45, 7) is 0.408.